The van der Waals surface area contributed by atoms with Crippen molar-refractivity contribution < 1.29 is 28.7 Å². The van der Waals surface area contributed by atoms with Crippen LogP contribution in [0.5, 0.6) is 0 Å². The van der Waals surface area contributed by atoms with Crippen LogP contribution in [-0.4, -0.2) is 82.7 Å². The van der Waals surface area contributed by atoms with Gasteiger partial charge in [0.05, 0.1) is 44.0 Å². The van der Waals surface area contributed by atoms with Crippen molar-refractivity contribution >= 4 is 24.0 Å². The van der Waals surface area contributed by atoms with Crippen LogP contribution in [0, 0.1) is 17.3 Å². The maximum atomic E-state index is 13.6. The Labute approximate surface area is 361 Å². The van der Waals surface area contributed by atoms with E-state index in [1.165, 1.54) is 14.2 Å². The Balaban J connectivity index is 0.978. The van der Waals surface area contributed by atoms with Crippen LogP contribution in [0.2, 0.25) is 0 Å². The highest BCUT2D eigenvalue weighted by Crippen LogP contribution is 2.32. The minimum Gasteiger partial charge on any atom is -0.453 e. The van der Waals surface area contributed by atoms with Crippen LogP contribution in [-0.2, 0) is 25.5 Å². The number of alkyl carbamates (subject to hydrolysis) is 2. The molecule has 0 radical (unpaired) electrons. The summed E-state index contributed by atoms with van der Waals surface area (Å²) in [5.74, 6) is 7.37. The van der Waals surface area contributed by atoms with Gasteiger partial charge in [-0.05, 0) is 67.1 Å². The van der Waals surface area contributed by atoms with E-state index in [-0.39, 0.29) is 11.8 Å². The minimum atomic E-state index is -0.925. The molecule has 3 aromatic carbocycles. The van der Waals surface area contributed by atoms with Crippen molar-refractivity contribution in [2.45, 2.75) is 57.7 Å². The zero-order chi connectivity index (χ0) is 44.1. The fourth-order valence-electron chi connectivity index (χ4n) is 7.03. The van der Waals surface area contributed by atoms with Gasteiger partial charge in [-0.1, -0.05) is 97.7 Å². The standard InChI is InChI=1S/C48H52N8O6/c1-32(56(3)45(58)41(54-46(59)61-4)37-14-8-6-9-15-37)43-51-31-39(53-43)36-25-21-34(22-26-36)18-17-33-19-23-35(24-20-33)38-30-50-40(52-38)16-10-13-29-49-44(57)42(55-47(60)62-5)48(2)27-11-7-12-28-48/h6-9,11-12,14-15,19-27,30-32,41-42H,10,13,16,28-29H2,1-5H3,(H,49,57)(H,50,52)(H,51,53)(H,54,59)(H,55,60)/t32?,41-,42+,48?/m1/s1. The first kappa shape index (κ1) is 44.2. The van der Waals surface area contributed by atoms with Gasteiger partial charge in [-0.2, -0.15) is 0 Å². The van der Waals surface area contributed by atoms with Crippen molar-refractivity contribution in [2.75, 3.05) is 27.8 Å². The number of aromatic nitrogens is 4. The van der Waals surface area contributed by atoms with Gasteiger partial charge < -0.3 is 40.3 Å². The second-order valence-electron chi connectivity index (χ2n) is 15.2. The Bertz CT molecular complexity index is 2450. The molecule has 4 atom stereocenters. The lowest BCUT2D eigenvalue weighted by atomic mass is 9.76. The highest BCUT2D eigenvalue weighted by atomic mass is 16.5. The van der Waals surface area contributed by atoms with Gasteiger partial charge in [0, 0.05) is 36.6 Å². The summed E-state index contributed by atoms with van der Waals surface area (Å²) in [5, 5.41) is 8.32. The third kappa shape index (κ3) is 11.2. The quantitative estimate of drug-likeness (QED) is 0.0543. The third-order valence-electron chi connectivity index (χ3n) is 10.9. The highest BCUT2D eigenvalue weighted by molar-refractivity contribution is 5.87. The summed E-state index contributed by atoms with van der Waals surface area (Å²) in [4.78, 5) is 68.2. The van der Waals surface area contributed by atoms with E-state index >= 15 is 0 Å². The molecule has 0 spiro atoms. The average Bonchev–Trinajstić information content (AvgIpc) is 4.00. The number of allylic oxidation sites excluding steroid dienone is 3. The zero-order valence-electron chi connectivity index (χ0n) is 35.5. The minimum absolute atomic E-state index is 0.247. The number of nitrogens with zero attached hydrogens (tertiary/aromatic N) is 3. The van der Waals surface area contributed by atoms with E-state index < -0.39 is 35.7 Å². The molecule has 2 aromatic heterocycles. The van der Waals surface area contributed by atoms with Crippen LogP contribution in [0.25, 0.3) is 22.5 Å². The molecule has 14 nitrogen and oxygen atoms in total. The molecule has 320 valence electrons. The summed E-state index contributed by atoms with van der Waals surface area (Å²) >= 11 is 0. The van der Waals surface area contributed by atoms with Crippen LogP contribution >= 0.6 is 0 Å². The molecule has 1 aliphatic rings. The van der Waals surface area contributed by atoms with Crippen molar-refractivity contribution in [3.05, 3.63) is 144 Å². The Hall–Kier alpha value is -7.40. The van der Waals surface area contributed by atoms with Gasteiger partial charge in [-0.15, -0.1) is 0 Å². The molecule has 2 heterocycles. The van der Waals surface area contributed by atoms with E-state index in [1.54, 1.807) is 30.3 Å². The Morgan fingerprint density at radius 1 is 0.806 bits per heavy atom. The highest BCUT2D eigenvalue weighted by Gasteiger charge is 2.38. The van der Waals surface area contributed by atoms with E-state index in [0.717, 1.165) is 58.7 Å². The Morgan fingerprint density at radius 3 is 2.03 bits per heavy atom. The van der Waals surface area contributed by atoms with Crippen LogP contribution in [0.4, 0.5) is 9.59 Å². The van der Waals surface area contributed by atoms with Crippen molar-refractivity contribution in [1.29, 1.82) is 0 Å². The zero-order valence-corrected chi connectivity index (χ0v) is 35.5. The number of carbonyl (C=O) groups is 4. The first-order valence-corrected chi connectivity index (χ1v) is 20.4. The van der Waals surface area contributed by atoms with Crippen LogP contribution in [0.15, 0.2) is 116 Å². The molecular weight excluding hydrogens is 785 g/mol. The molecule has 2 unspecified atom stereocenters. The SMILES string of the molecule is COC(=O)N[C@@H](C(=O)N(C)C(C)c1ncc(-c2ccc(C#Cc3ccc(-c4cnc(CCCCNC(=O)[C@H](NC(=O)OC)C5(C)C=CC=CC5)[nH]4)cc3)cc2)[nH]1)c1ccccc1. The predicted molar refractivity (Wildman–Crippen MR) is 236 cm³/mol. The number of carbonyl (C=O) groups excluding carboxylic acids is 4. The monoisotopic (exact) mass is 836 g/mol. The number of imidazole rings is 2. The van der Waals surface area contributed by atoms with Crippen LogP contribution in [0.3, 0.4) is 0 Å². The smallest absolute Gasteiger partial charge is 0.407 e. The molecule has 0 saturated carbocycles. The summed E-state index contributed by atoms with van der Waals surface area (Å²) in [6.45, 7) is 4.28. The normalized spacial score (nSPS) is 15.6. The number of hydrogen-bond donors (Lipinski definition) is 5. The molecule has 14 heteroatoms. The number of unbranched alkanes of at least 4 members (excludes halogenated alkanes) is 1. The number of nitrogens with one attached hydrogen (secondary N) is 5. The van der Waals surface area contributed by atoms with Crippen LogP contribution in [0.1, 0.15) is 73.5 Å². The van der Waals surface area contributed by atoms with Crippen molar-refractivity contribution in [1.82, 2.24) is 40.8 Å². The van der Waals surface area contributed by atoms with E-state index in [0.29, 0.717) is 24.4 Å². The second-order valence-corrected chi connectivity index (χ2v) is 15.2. The topological polar surface area (TPSA) is 183 Å². The van der Waals surface area contributed by atoms with E-state index in [4.69, 9.17) is 9.47 Å². The molecule has 5 N–H and O–H groups in total. The number of hydrogen-bond acceptors (Lipinski definition) is 8. The maximum absolute atomic E-state index is 13.6. The molecule has 62 heavy (non-hydrogen) atoms. The Morgan fingerprint density at radius 2 is 1.42 bits per heavy atom. The van der Waals surface area contributed by atoms with Gasteiger partial charge in [-0.25, -0.2) is 19.6 Å². The average molecular weight is 837 g/mol. The molecule has 6 rings (SSSR count). The molecule has 5 aromatic rings. The predicted octanol–water partition coefficient (Wildman–Crippen LogP) is 7.17. The van der Waals surface area contributed by atoms with E-state index in [1.807, 2.05) is 111 Å². The van der Waals surface area contributed by atoms with Gasteiger partial charge in [0.15, 0.2) is 0 Å². The largest absolute Gasteiger partial charge is 0.453 e. The molecule has 0 saturated heterocycles. The number of rotatable bonds is 15. The summed E-state index contributed by atoms with van der Waals surface area (Å²) in [7, 11) is 4.22. The number of amides is 4. The lowest BCUT2D eigenvalue weighted by Gasteiger charge is -2.34. The summed E-state index contributed by atoms with van der Waals surface area (Å²) in [5.41, 5.74) is 5.41. The van der Waals surface area contributed by atoms with Gasteiger partial charge >= 0.3 is 12.2 Å². The number of aromatic amines is 2. The van der Waals surface area contributed by atoms with Crippen molar-refractivity contribution in [3.8, 4) is 34.4 Å². The second kappa shape index (κ2) is 20.7. The molecular formula is C48H52N8O6. The van der Waals surface area contributed by atoms with Crippen LogP contribution < -0.4 is 16.0 Å². The molecule has 1 aliphatic carbocycles. The lowest BCUT2D eigenvalue weighted by Crippen LogP contribution is -2.55. The molecule has 0 bridgehead atoms. The number of ether oxygens (including phenoxy) is 2. The fourth-order valence-corrected chi connectivity index (χ4v) is 7.03. The van der Waals surface area contributed by atoms with E-state index in [9.17, 15) is 19.2 Å². The number of benzene rings is 3. The van der Waals surface area contributed by atoms with Crippen molar-refractivity contribution in [3.63, 3.8) is 0 Å². The van der Waals surface area contributed by atoms with E-state index in [2.05, 4.69) is 47.7 Å². The van der Waals surface area contributed by atoms with Gasteiger partial charge in [0.1, 0.15) is 23.7 Å². The number of likely N-dealkylation sites (N-methyl/N-ethyl adjacent to an activating group) is 1. The third-order valence-corrected chi connectivity index (χ3v) is 10.9. The summed E-state index contributed by atoms with van der Waals surface area (Å²) in [6.07, 6.45) is 12.9. The summed E-state index contributed by atoms with van der Waals surface area (Å²) < 4.78 is 9.54. The summed E-state index contributed by atoms with van der Waals surface area (Å²) in [6, 6.07) is 22.7. The van der Waals surface area contributed by atoms with Gasteiger partial charge in [0.2, 0.25) is 11.8 Å². The number of H-pyrrole nitrogens is 2. The molecule has 0 fully saturated rings. The lowest BCUT2D eigenvalue weighted by molar-refractivity contribution is -0.134. The number of methoxy groups -OCH3 is 2. The molecule has 0 aliphatic heterocycles. The first-order valence-electron chi connectivity index (χ1n) is 20.4. The first-order chi connectivity index (χ1) is 30.0. The number of aryl methyl sites for hydroxylation is 1. The maximum Gasteiger partial charge on any atom is 0.407 e. The van der Waals surface area contributed by atoms with Crippen molar-refractivity contribution in [2.24, 2.45) is 5.41 Å². The fraction of sp³-hybridized carbons (Fsp3) is 0.292. The molecule has 4 amide bonds. The Kier molecular flexibility index (Phi) is 14.8. The van der Waals surface area contributed by atoms with Gasteiger partial charge in [-0.3, -0.25) is 9.59 Å². The van der Waals surface area contributed by atoms with Gasteiger partial charge in [0.25, 0.3) is 0 Å².